The van der Waals surface area contributed by atoms with Crippen LogP contribution in [0.1, 0.15) is 21.5 Å². The van der Waals surface area contributed by atoms with Crippen LogP contribution in [-0.2, 0) is 13.1 Å². The molecule has 0 fully saturated rings. The molecule has 2 N–H and O–H groups in total. The molecule has 28 heavy (non-hydrogen) atoms. The minimum absolute atomic E-state index is 0.106. The van der Waals surface area contributed by atoms with Crippen molar-refractivity contribution in [2.75, 3.05) is 5.32 Å². The second-order valence-corrected chi connectivity index (χ2v) is 6.58. The normalized spacial score (nSPS) is 10.6. The summed E-state index contributed by atoms with van der Waals surface area (Å²) >= 11 is 0. The van der Waals surface area contributed by atoms with E-state index in [1.54, 1.807) is 0 Å². The third-order valence-electron chi connectivity index (χ3n) is 4.57. The highest BCUT2D eigenvalue weighted by Crippen LogP contribution is 2.21. The van der Waals surface area contributed by atoms with E-state index in [1.165, 1.54) is 0 Å². The van der Waals surface area contributed by atoms with Crippen molar-refractivity contribution >= 4 is 22.6 Å². The first-order chi connectivity index (χ1) is 13.8. The summed E-state index contributed by atoms with van der Waals surface area (Å²) in [6, 6.07) is 29.6. The van der Waals surface area contributed by atoms with E-state index in [1.807, 2.05) is 78.9 Å². The number of amides is 1. The molecule has 4 nitrogen and oxygen atoms in total. The molecule has 0 saturated carbocycles. The number of nitrogens with zero attached hydrogens (tertiary/aromatic N) is 1. The Balaban J connectivity index is 1.57. The van der Waals surface area contributed by atoms with Crippen molar-refractivity contribution in [3.05, 3.63) is 108 Å². The Hall–Kier alpha value is -3.66. The molecule has 4 heteroatoms. The average Bonchev–Trinajstić information content (AvgIpc) is 2.77. The molecular formula is C24H21N3O. The molecule has 0 atom stereocenters. The zero-order valence-electron chi connectivity index (χ0n) is 15.4. The number of para-hydroxylation sites is 1. The lowest BCUT2D eigenvalue weighted by Crippen LogP contribution is -2.23. The SMILES string of the molecule is O=C(NCc1ccccc1)c1cc(NCc2ccccc2)nc2ccccc12. The van der Waals surface area contributed by atoms with Gasteiger partial charge in [0.1, 0.15) is 5.82 Å². The van der Waals surface area contributed by atoms with Gasteiger partial charge in [0.25, 0.3) is 5.91 Å². The Kier molecular flexibility index (Phi) is 5.29. The van der Waals surface area contributed by atoms with Gasteiger partial charge in [-0.25, -0.2) is 4.98 Å². The minimum atomic E-state index is -0.106. The van der Waals surface area contributed by atoms with Gasteiger partial charge in [0, 0.05) is 18.5 Å². The third kappa shape index (κ3) is 4.18. The van der Waals surface area contributed by atoms with Gasteiger partial charge in [-0.2, -0.15) is 0 Å². The van der Waals surface area contributed by atoms with Crippen LogP contribution in [0.4, 0.5) is 5.82 Å². The Labute approximate surface area is 164 Å². The Morgan fingerprint density at radius 1 is 0.750 bits per heavy atom. The molecule has 0 spiro atoms. The predicted octanol–water partition coefficient (Wildman–Crippen LogP) is 4.78. The second kappa shape index (κ2) is 8.35. The molecule has 0 saturated heterocycles. The maximum Gasteiger partial charge on any atom is 0.252 e. The number of carbonyl (C=O) groups excluding carboxylic acids is 1. The van der Waals surface area contributed by atoms with Crippen molar-refractivity contribution in [1.82, 2.24) is 10.3 Å². The van der Waals surface area contributed by atoms with Crippen molar-refractivity contribution in [2.45, 2.75) is 13.1 Å². The Bertz CT molecular complexity index is 1080. The number of fused-ring (bicyclic) bond motifs is 1. The van der Waals surface area contributed by atoms with Crippen LogP contribution in [0.25, 0.3) is 10.9 Å². The van der Waals surface area contributed by atoms with Gasteiger partial charge in [-0.15, -0.1) is 0 Å². The monoisotopic (exact) mass is 367 g/mol. The second-order valence-electron chi connectivity index (χ2n) is 6.58. The summed E-state index contributed by atoms with van der Waals surface area (Å²) in [6.45, 7) is 1.14. The molecule has 0 radical (unpaired) electrons. The first-order valence-electron chi connectivity index (χ1n) is 9.29. The third-order valence-corrected chi connectivity index (χ3v) is 4.57. The van der Waals surface area contributed by atoms with Gasteiger partial charge in [0.2, 0.25) is 0 Å². The van der Waals surface area contributed by atoms with E-state index in [9.17, 15) is 4.79 Å². The van der Waals surface area contributed by atoms with E-state index in [4.69, 9.17) is 0 Å². The van der Waals surface area contributed by atoms with Gasteiger partial charge in [0.05, 0.1) is 11.1 Å². The molecule has 1 amide bonds. The highest BCUT2D eigenvalue weighted by Gasteiger charge is 2.13. The summed E-state index contributed by atoms with van der Waals surface area (Å²) in [5, 5.41) is 7.19. The number of hydrogen-bond donors (Lipinski definition) is 2. The number of aromatic nitrogens is 1. The predicted molar refractivity (Wildman–Crippen MR) is 113 cm³/mol. The first-order valence-corrected chi connectivity index (χ1v) is 9.29. The van der Waals surface area contributed by atoms with Crippen molar-refractivity contribution in [1.29, 1.82) is 0 Å². The van der Waals surface area contributed by atoms with Gasteiger partial charge in [-0.1, -0.05) is 78.9 Å². The molecular weight excluding hydrogens is 346 g/mol. The standard InChI is InChI=1S/C24H21N3O/c28-24(26-17-19-11-5-2-6-12-19)21-15-23(25-16-18-9-3-1-4-10-18)27-22-14-8-7-13-20(21)22/h1-15H,16-17H2,(H,25,27)(H,26,28). The minimum Gasteiger partial charge on any atom is -0.366 e. The highest BCUT2D eigenvalue weighted by molar-refractivity contribution is 6.06. The maximum atomic E-state index is 12.9. The van der Waals surface area contributed by atoms with Crippen molar-refractivity contribution in [2.24, 2.45) is 0 Å². The first kappa shape index (κ1) is 17.7. The summed E-state index contributed by atoms with van der Waals surface area (Å²) in [4.78, 5) is 17.6. The lowest BCUT2D eigenvalue weighted by atomic mass is 10.1. The molecule has 4 aromatic rings. The summed E-state index contributed by atoms with van der Waals surface area (Å²) in [6.07, 6.45) is 0. The van der Waals surface area contributed by atoms with Gasteiger partial charge >= 0.3 is 0 Å². The van der Waals surface area contributed by atoms with Gasteiger partial charge in [-0.3, -0.25) is 4.79 Å². The molecule has 0 aliphatic rings. The average molecular weight is 367 g/mol. The summed E-state index contributed by atoms with van der Waals surface area (Å²) < 4.78 is 0. The number of carbonyl (C=O) groups is 1. The van der Waals surface area contributed by atoms with Crippen LogP contribution >= 0.6 is 0 Å². The lowest BCUT2D eigenvalue weighted by Gasteiger charge is -2.12. The molecule has 3 aromatic carbocycles. The van der Waals surface area contributed by atoms with E-state index < -0.39 is 0 Å². The summed E-state index contributed by atoms with van der Waals surface area (Å²) in [7, 11) is 0. The molecule has 0 aliphatic carbocycles. The van der Waals surface area contributed by atoms with Crippen molar-refractivity contribution in [3.63, 3.8) is 0 Å². The maximum absolute atomic E-state index is 12.9. The van der Waals surface area contributed by atoms with Crippen LogP contribution in [0.2, 0.25) is 0 Å². The Morgan fingerprint density at radius 2 is 1.36 bits per heavy atom. The molecule has 1 aromatic heterocycles. The Morgan fingerprint density at radius 3 is 2.07 bits per heavy atom. The smallest absolute Gasteiger partial charge is 0.252 e. The van der Waals surface area contributed by atoms with Gasteiger partial charge in [0.15, 0.2) is 0 Å². The van der Waals surface area contributed by atoms with Crippen LogP contribution in [-0.4, -0.2) is 10.9 Å². The molecule has 1 heterocycles. The van der Waals surface area contributed by atoms with Crippen LogP contribution in [0.15, 0.2) is 91.0 Å². The summed E-state index contributed by atoms with van der Waals surface area (Å²) in [5.41, 5.74) is 3.65. The fourth-order valence-corrected chi connectivity index (χ4v) is 3.12. The number of anilines is 1. The van der Waals surface area contributed by atoms with Crippen molar-refractivity contribution < 1.29 is 4.79 Å². The summed E-state index contributed by atoms with van der Waals surface area (Å²) in [5.74, 6) is 0.581. The zero-order chi connectivity index (χ0) is 19.2. The number of pyridine rings is 1. The fourth-order valence-electron chi connectivity index (χ4n) is 3.12. The van der Waals surface area contributed by atoms with Gasteiger partial charge in [-0.05, 0) is 23.3 Å². The molecule has 138 valence electrons. The van der Waals surface area contributed by atoms with Crippen LogP contribution < -0.4 is 10.6 Å². The van der Waals surface area contributed by atoms with E-state index >= 15 is 0 Å². The number of rotatable bonds is 6. The molecule has 4 rings (SSSR count). The van der Waals surface area contributed by atoms with Crippen LogP contribution in [0, 0.1) is 0 Å². The lowest BCUT2D eigenvalue weighted by molar-refractivity contribution is 0.0952. The zero-order valence-corrected chi connectivity index (χ0v) is 15.4. The van der Waals surface area contributed by atoms with E-state index in [0.29, 0.717) is 24.5 Å². The fraction of sp³-hybridized carbons (Fsp3) is 0.0833. The molecule has 0 bridgehead atoms. The largest absolute Gasteiger partial charge is 0.366 e. The van der Waals surface area contributed by atoms with Crippen molar-refractivity contribution in [3.8, 4) is 0 Å². The number of benzene rings is 3. The number of nitrogens with one attached hydrogen (secondary N) is 2. The van der Waals surface area contributed by atoms with Crippen LogP contribution in [0.3, 0.4) is 0 Å². The highest BCUT2D eigenvalue weighted by atomic mass is 16.1. The van der Waals surface area contributed by atoms with Gasteiger partial charge < -0.3 is 10.6 Å². The molecule has 0 aliphatic heterocycles. The van der Waals surface area contributed by atoms with E-state index in [0.717, 1.165) is 22.0 Å². The van der Waals surface area contributed by atoms with E-state index in [-0.39, 0.29) is 5.91 Å². The van der Waals surface area contributed by atoms with E-state index in [2.05, 4.69) is 27.8 Å². The topological polar surface area (TPSA) is 54.0 Å². The van der Waals surface area contributed by atoms with Crippen LogP contribution in [0.5, 0.6) is 0 Å². The quantitative estimate of drug-likeness (QED) is 0.516. The molecule has 0 unspecified atom stereocenters. The number of hydrogen-bond acceptors (Lipinski definition) is 3.